The Kier molecular flexibility index (Phi) is 3.99. The van der Waals surface area contributed by atoms with Crippen LogP contribution in [0.2, 0.25) is 0 Å². The quantitative estimate of drug-likeness (QED) is 0.711. The van der Waals surface area contributed by atoms with Crippen LogP contribution in [0.15, 0.2) is 16.9 Å². The fourth-order valence-corrected chi connectivity index (χ4v) is 1.04. The summed E-state index contributed by atoms with van der Waals surface area (Å²) < 4.78 is 6.03. The van der Waals surface area contributed by atoms with Crippen LogP contribution in [0.1, 0.15) is 10.5 Å². The average Bonchev–Trinajstić information content (AvgIpc) is 2.27. The van der Waals surface area contributed by atoms with Crippen molar-refractivity contribution in [2.24, 2.45) is 0 Å². The van der Waals surface area contributed by atoms with Crippen molar-refractivity contribution in [1.82, 2.24) is 15.1 Å². The standard InChI is InChI=1S/C9H13N3O3/c1-10-9(14)7-3-4-8(13)12(11-7)5-6-15-2/h3-4H,5-6H2,1-2H3,(H,10,14). The zero-order valence-corrected chi connectivity index (χ0v) is 8.69. The van der Waals surface area contributed by atoms with Crippen LogP contribution in [0.5, 0.6) is 0 Å². The molecule has 6 nitrogen and oxygen atoms in total. The van der Waals surface area contributed by atoms with E-state index in [1.165, 1.54) is 31.0 Å². The number of aromatic nitrogens is 2. The van der Waals surface area contributed by atoms with Crippen molar-refractivity contribution in [3.8, 4) is 0 Å². The lowest BCUT2D eigenvalue weighted by Gasteiger charge is -2.05. The summed E-state index contributed by atoms with van der Waals surface area (Å²) in [7, 11) is 3.04. The molecule has 0 spiro atoms. The molecule has 1 amide bonds. The van der Waals surface area contributed by atoms with Crippen LogP contribution in [0.4, 0.5) is 0 Å². The summed E-state index contributed by atoms with van der Waals surface area (Å²) >= 11 is 0. The Bertz CT molecular complexity index is 400. The zero-order valence-electron chi connectivity index (χ0n) is 8.69. The number of ether oxygens (including phenoxy) is 1. The lowest BCUT2D eigenvalue weighted by atomic mass is 10.4. The molecule has 0 radical (unpaired) electrons. The molecule has 0 saturated carbocycles. The Labute approximate surface area is 86.9 Å². The van der Waals surface area contributed by atoms with E-state index in [9.17, 15) is 9.59 Å². The number of hydrogen-bond donors (Lipinski definition) is 1. The van der Waals surface area contributed by atoms with Crippen LogP contribution in [-0.4, -0.2) is 36.5 Å². The maximum atomic E-state index is 11.3. The molecule has 0 aliphatic carbocycles. The SMILES string of the molecule is CNC(=O)c1ccc(=O)n(CCOC)n1. The van der Waals surface area contributed by atoms with Crippen LogP contribution in [0.3, 0.4) is 0 Å². The largest absolute Gasteiger partial charge is 0.383 e. The monoisotopic (exact) mass is 211 g/mol. The van der Waals surface area contributed by atoms with Gasteiger partial charge in [-0.25, -0.2) is 4.68 Å². The van der Waals surface area contributed by atoms with Crippen molar-refractivity contribution in [3.63, 3.8) is 0 Å². The van der Waals surface area contributed by atoms with Crippen LogP contribution < -0.4 is 10.9 Å². The highest BCUT2D eigenvalue weighted by Crippen LogP contribution is 1.89. The third-order valence-electron chi connectivity index (χ3n) is 1.83. The van der Waals surface area contributed by atoms with Gasteiger partial charge >= 0.3 is 0 Å². The second-order valence-corrected chi connectivity index (χ2v) is 2.85. The molecule has 0 aromatic carbocycles. The van der Waals surface area contributed by atoms with Gasteiger partial charge in [-0.2, -0.15) is 5.10 Å². The van der Waals surface area contributed by atoms with Gasteiger partial charge < -0.3 is 10.1 Å². The van der Waals surface area contributed by atoms with E-state index in [1.54, 1.807) is 0 Å². The first kappa shape index (κ1) is 11.4. The Morgan fingerprint density at radius 3 is 2.93 bits per heavy atom. The molecule has 0 fully saturated rings. The third-order valence-corrected chi connectivity index (χ3v) is 1.83. The molecule has 6 heteroatoms. The summed E-state index contributed by atoms with van der Waals surface area (Å²) in [6, 6.07) is 2.71. The Morgan fingerprint density at radius 1 is 1.60 bits per heavy atom. The first-order valence-corrected chi connectivity index (χ1v) is 4.48. The number of amides is 1. The zero-order chi connectivity index (χ0) is 11.3. The van der Waals surface area contributed by atoms with E-state index in [-0.39, 0.29) is 17.2 Å². The van der Waals surface area contributed by atoms with Gasteiger partial charge in [0, 0.05) is 20.2 Å². The van der Waals surface area contributed by atoms with Crippen LogP contribution in [-0.2, 0) is 11.3 Å². The maximum Gasteiger partial charge on any atom is 0.271 e. The summed E-state index contributed by atoms with van der Waals surface area (Å²) in [6.07, 6.45) is 0. The van der Waals surface area contributed by atoms with Gasteiger partial charge in [0.25, 0.3) is 11.5 Å². The van der Waals surface area contributed by atoms with Crippen molar-refractivity contribution in [1.29, 1.82) is 0 Å². The first-order chi connectivity index (χ1) is 7.19. The fourth-order valence-electron chi connectivity index (χ4n) is 1.04. The van der Waals surface area contributed by atoms with Crippen molar-refractivity contribution >= 4 is 5.91 Å². The molecule has 1 rings (SSSR count). The van der Waals surface area contributed by atoms with Crippen molar-refractivity contribution in [3.05, 3.63) is 28.2 Å². The lowest BCUT2D eigenvalue weighted by Crippen LogP contribution is -2.28. The molecule has 82 valence electrons. The van der Waals surface area contributed by atoms with E-state index in [2.05, 4.69) is 10.4 Å². The summed E-state index contributed by atoms with van der Waals surface area (Å²) in [5.41, 5.74) is -0.0343. The Morgan fingerprint density at radius 2 is 2.33 bits per heavy atom. The number of hydrogen-bond acceptors (Lipinski definition) is 4. The number of carbonyl (C=O) groups is 1. The van der Waals surface area contributed by atoms with Gasteiger partial charge in [0.15, 0.2) is 0 Å². The number of carbonyl (C=O) groups excluding carboxylic acids is 1. The van der Waals surface area contributed by atoms with Gasteiger partial charge in [0.1, 0.15) is 5.69 Å². The van der Waals surface area contributed by atoms with Gasteiger partial charge in [-0.1, -0.05) is 0 Å². The maximum absolute atomic E-state index is 11.3. The second-order valence-electron chi connectivity index (χ2n) is 2.85. The molecule has 0 aliphatic heterocycles. The van der Waals surface area contributed by atoms with Gasteiger partial charge in [0.2, 0.25) is 0 Å². The molecule has 0 saturated heterocycles. The van der Waals surface area contributed by atoms with Crippen molar-refractivity contribution < 1.29 is 9.53 Å². The Hall–Kier alpha value is -1.69. The summed E-state index contributed by atoms with van der Waals surface area (Å²) in [5.74, 6) is -0.318. The highest BCUT2D eigenvalue weighted by molar-refractivity contribution is 5.91. The average molecular weight is 211 g/mol. The number of nitrogens with one attached hydrogen (secondary N) is 1. The summed E-state index contributed by atoms with van der Waals surface area (Å²) in [4.78, 5) is 22.5. The highest BCUT2D eigenvalue weighted by atomic mass is 16.5. The van der Waals surface area contributed by atoms with E-state index in [4.69, 9.17) is 4.74 Å². The molecular weight excluding hydrogens is 198 g/mol. The first-order valence-electron chi connectivity index (χ1n) is 4.48. The summed E-state index contributed by atoms with van der Waals surface area (Å²) in [6.45, 7) is 0.713. The van der Waals surface area contributed by atoms with Gasteiger partial charge in [-0.05, 0) is 6.07 Å². The van der Waals surface area contributed by atoms with Gasteiger partial charge in [-0.15, -0.1) is 0 Å². The number of methoxy groups -OCH3 is 1. The normalized spacial score (nSPS) is 10.0. The molecule has 0 bridgehead atoms. The molecule has 0 aliphatic rings. The number of rotatable bonds is 4. The molecule has 15 heavy (non-hydrogen) atoms. The molecule has 0 atom stereocenters. The molecule has 0 unspecified atom stereocenters. The molecule has 1 aromatic rings. The minimum absolute atomic E-state index is 0.216. The van der Waals surface area contributed by atoms with Crippen LogP contribution in [0, 0.1) is 0 Å². The number of nitrogens with zero attached hydrogens (tertiary/aromatic N) is 2. The second kappa shape index (κ2) is 5.26. The van der Waals surface area contributed by atoms with E-state index >= 15 is 0 Å². The highest BCUT2D eigenvalue weighted by Gasteiger charge is 2.06. The molecule has 1 heterocycles. The molecular formula is C9H13N3O3. The van der Waals surface area contributed by atoms with E-state index in [0.717, 1.165) is 0 Å². The van der Waals surface area contributed by atoms with E-state index < -0.39 is 0 Å². The van der Waals surface area contributed by atoms with Crippen LogP contribution >= 0.6 is 0 Å². The van der Waals surface area contributed by atoms with Gasteiger partial charge in [0.05, 0.1) is 13.2 Å². The van der Waals surface area contributed by atoms with Crippen molar-refractivity contribution in [2.45, 2.75) is 6.54 Å². The minimum atomic E-state index is -0.318. The molecule has 1 N–H and O–H groups in total. The fraction of sp³-hybridized carbons (Fsp3) is 0.444. The summed E-state index contributed by atoms with van der Waals surface area (Å²) in [5, 5.41) is 6.33. The van der Waals surface area contributed by atoms with Crippen LogP contribution in [0.25, 0.3) is 0 Å². The lowest BCUT2D eigenvalue weighted by molar-refractivity contribution is 0.0954. The van der Waals surface area contributed by atoms with E-state index in [0.29, 0.717) is 13.2 Å². The molecule has 1 aromatic heterocycles. The van der Waals surface area contributed by atoms with Crippen molar-refractivity contribution in [2.75, 3.05) is 20.8 Å². The topological polar surface area (TPSA) is 73.2 Å². The minimum Gasteiger partial charge on any atom is -0.383 e. The van der Waals surface area contributed by atoms with E-state index in [1.807, 2.05) is 0 Å². The Balaban J connectivity index is 2.95. The van der Waals surface area contributed by atoms with Gasteiger partial charge in [-0.3, -0.25) is 9.59 Å². The smallest absolute Gasteiger partial charge is 0.271 e. The third kappa shape index (κ3) is 2.88. The predicted octanol–water partition coefficient (Wildman–Crippen LogP) is -0.751. The predicted molar refractivity (Wildman–Crippen MR) is 53.8 cm³/mol.